The molecule has 0 amide bonds. The van der Waals surface area contributed by atoms with Gasteiger partial charge < -0.3 is 5.11 Å². The number of Topliss-reactive ketones (excluding diaryl/α,β-unsaturated/α-hetero) is 1. The quantitative estimate of drug-likeness (QED) is 0.885. The maximum atomic E-state index is 12.2. The van der Waals surface area contributed by atoms with Crippen LogP contribution in [0.1, 0.15) is 63.0 Å². The van der Waals surface area contributed by atoms with Crippen LogP contribution in [-0.4, -0.2) is 17.0 Å². The van der Waals surface area contributed by atoms with E-state index in [4.69, 9.17) is 0 Å². The number of aliphatic hydroxyl groups excluding tert-OH is 1. The van der Waals surface area contributed by atoms with E-state index >= 15 is 0 Å². The topological polar surface area (TPSA) is 37.3 Å². The summed E-state index contributed by atoms with van der Waals surface area (Å²) >= 11 is 0. The lowest BCUT2D eigenvalue weighted by atomic mass is 9.83. The first-order chi connectivity index (χ1) is 9.58. The van der Waals surface area contributed by atoms with Crippen LogP contribution in [0.5, 0.6) is 0 Å². The van der Waals surface area contributed by atoms with Crippen LogP contribution < -0.4 is 0 Å². The molecule has 1 aliphatic carbocycles. The van der Waals surface area contributed by atoms with Crippen LogP contribution in [0.25, 0.3) is 0 Å². The van der Waals surface area contributed by atoms with E-state index in [-0.39, 0.29) is 11.7 Å². The highest BCUT2D eigenvalue weighted by atomic mass is 16.3. The van der Waals surface area contributed by atoms with Crippen molar-refractivity contribution in [1.29, 1.82) is 0 Å². The molecule has 0 saturated heterocycles. The minimum absolute atomic E-state index is 0.0193. The summed E-state index contributed by atoms with van der Waals surface area (Å²) in [5.41, 5.74) is 2.29. The smallest absolute Gasteiger partial charge is 0.165 e. The molecule has 1 atom stereocenters. The lowest BCUT2D eigenvalue weighted by Gasteiger charge is -2.25. The summed E-state index contributed by atoms with van der Waals surface area (Å²) in [4.78, 5) is 12.2. The average molecular weight is 274 g/mol. The first kappa shape index (κ1) is 15.2. The minimum atomic E-state index is -0.764. The van der Waals surface area contributed by atoms with Crippen molar-refractivity contribution in [2.75, 3.05) is 0 Å². The molecular weight excluding hydrogens is 248 g/mol. The molecule has 0 aromatic heterocycles. The molecular formula is C18H26O2. The van der Waals surface area contributed by atoms with Crippen molar-refractivity contribution >= 4 is 5.78 Å². The van der Waals surface area contributed by atoms with Crippen LogP contribution in [0.15, 0.2) is 24.3 Å². The monoisotopic (exact) mass is 274 g/mol. The Morgan fingerprint density at radius 1 is 1.15 bits per heavy atom. The zero-order chi connectivity index (χ0) is 14.5. The van der Waals surface area contributed by atoms with E-state index in [2.05, 4.69) is 26.0 Å². The second-order valence-corrected chi connectivity index (χ2v) is 6.38. The van der Waals surface area contributed by atoms with Crippen LogP contribution in [0, 0.1) is 5.92 Å². The Kier molecular flexibility index (Phi) is 5.36. The first-order valence-electron chi connectivity index (χ1n) is 7.87. The van der Waals surface area contributed by atoms with Crippen molar-refractivity contribution in [3.05, 3.63) is 35.4 Å². The first-order valence-corrected chi connectivity index (χ1v) is 7.87. The predicted molar refractivity (Wildman–Crippen MR) is 81.8 cm³/mol. The van der Waals surface area contributed by atoms with Crippen molar-refractivity contribution in [3.8, 4) is 0 Å². The molecule has 1 unspecified atom stereocenters. The van der Waals surface area contributed by atoms with Crippen LogP contribution in [0.4, 0.5) is 0 Å². The predicted octanol–water partition coefficient (Wildman–Crippen LogP) is 3.86. The molecule has 0 bridgehead atoms. The van der Waals surface area contributed by atoms with E-state index in [9.17, 15) is 9.90 Å². The van der Waals surface area contributed by atoms with Gasteiger partial charge in [-0.15, -0.1) is 0 Å². The van der Waals surface area contributed by atoms with Gasteiger partial charge in [0, 0.05) is 6.42 Å². The Bertz CT molecular complexity index is 427. The van der Waals surface area contributed by atoms with E-state index in [0.29, 0.717) is 12.3 Å². The molecule has 110 valence electrons. The SMILES string of the molecule is CC(C)c1ccc(CC(=O)C(O)C2CCCCC2)cc1. The number of carbonyl (C=O) groups excluding carboxylic acids is 1. The fourth-order valence-corrected chi connectivity index (χ4v) is 3.04. The number of carbonyl (C=O) groups is 1. The highest BCUT2D eigenvalue weighted by Crippen LogP contribution is 2.27. The fraction of sp³-hybridized carbons (Fsp3) is 0.611. The van der Waals surface area contributed by atoms with E-state index in [1.165, 1.54) is 12.0 Å². The van der Waals surface area contributed by atoms with Gasteiger partial charge >= 0.3 is 0 Å². The fourth-order valence-electron chi connectivity index (χ4n) is 3.04. The van der Waals surface area contributed by atoms with Crippen LogP contribution in [-0.2, 0) is 11.2 Å². The maximum Gasteiger partial charge on any atom is 0.165 e. The number of rotatable bonds is 5. The van der Waals surface area contributed by atoms with E-state index < -0.39 is 6.10 Å². The third kappa shape index (κ3) is 3.92. The van der Waals surface area contributed by atoms with E-state index in [1.54, 1.807) is 0 Å². The summed E-state index contributed by atoms with van der Waals surface area (Å²) in [5.74, 6) is 0.674. The lowest BCUT2D eigenvalue weighted by molar-refractivity contribution is -0.129. The molecule has 20 heavy (non-hydrogen) atoms. The second-order valence-electron chi connectivity index (χ2n) is 6.38. The lowest BCUT2D eigenvalue weighted by Crippen LogP contribution is -2.32. The number of ketones is 1. The van der Waals surface area contributed by atoms with Gasteiger partial charge in [-0.25, -0.2) is 0 Å². The third-order valence-electron chi connectivity index (χ3n) is 4.45. The van der Waals surface area contributed by atoms with Gasteiger partial charge in [0.05, 0.1) is 0 Å². The minimum Gasteiger partial charge on any atom is -0.385 e. The molecule has 1 saturated carbocycles. The van der Waals surface area contributed by atoms with Gasteiger partial charge in [0.1, 0.15) is 6.10 Å². The van der Waals surface area contributed by atoms with Gasteiger partial charge in [-0.3, -0.25) is 4.79 Å². The summed E-state index contributed by atoms with van der Waals surface area (Å²) in [7, 11) is 0. The Morgan fingerprint density at radius 3 is 2.30 bits per heavy atom. The summed E-state index contributed by atoms with van der Waals surface area (Å²) < 4.78 is 0. The molecule has 1 aromatic rings. The number of aliphatic hydroxyl groups is 1. The van der Waals surface area contributed by atoms with Crippen molar-refractivity contribution < 1.29 is 9.90 Å². The Labute approximate surface area is 122 Å². The van der Waals surface area contributed by atoms with Gasteiger partial charge in [-0.1, -0.05) is 57.4 Å². The van der Waals surface area contributed by atoms with E-state index in [1.807, 2.05) is 12.1 Å². The Hall–Kier alpha value is -1.15. The molecule has 0 radical (unpaired) electrons. The number of benzene rings is 1. The summed E-state index contributed by atoms with van der Waals surface area (Å²) in [6, 6.07) is 8.20. The standard InChI is InChI=1S/C18H26O2/c1-13(2)15-10-8-14(9-11-15)12-17(19)18(20)16-6-4-3-5-7-16/h8-11,13,16,18,20H,3-7,12H2,1-2H3. The second kappa shape index (κ2) is 7.03. The molecule has 1 fully saturated rings. The van der Waals surface area contributed by atoms with Crippen molar-refractivity contribution in [1.82, 2.24) is 0 Å². The van der Waals surface area contributed by atoms with Gasteiger partial charge in [-0.2, -0.15) is 0 Å². The molecule has 2 rings (SSSR count). The molecule has 0 aliphatic heterocycles. The average Bonchev–Trinajstić information content (AvgIpc) is 2.48. The van der Waals surface area contributed by atoms with Gasteiger partial charge in [0.2, 0.25) is 0 Å². The van der Waals surface area contributed by atoms with Gasteiger partial charge in [-0.05, 0) is 35.8 Å². The number of hydrogen-bond donors (Lipinski definition) is 1. The molecule has 1 aliphatic rings. The summed E-state index contributed by atoms with van der Waals surface area (Å²) in [5, 5.41) is 10.2. The molecule has 1 aromatic carbocycles. The van der Waals surface area contributed by atoms with Crippen molar-refractivity contribution in [3.63, 3.8) is 0 Å². The van der Waals surface area contributed by atoms with Crippen LogP contribution in [0.3, 0.4) is 0 Å². The molecule has 0 spiro atoms. The molecule has 1 N–H and O–H groups in total. The zero-order valence-electron chi connectivity index (χ0n) is 12.6. The highest BCUT2D eigenvalue weighted by molar-refractivity contribution is 5.85. The van der Waals surface area contributed by atoms with Crippen molar-refractivity contribution in [2.45, 2.75) is 64.4 Å². The van der Waals surface area contributed by atoms with Gasteiger partial charge in [0.25, 0.3) is 0 Å². The van der Waals surface area contributed by atoms with Crippen LogP contribution in [0.2, 0.25) is 0 Å². The molecule has 2 heteroatoms. The van der Waals surface area contributed by atoms with E-state index in [0.717, 1.165) is 31.2 Å². The highest BCUT2D eigenvalue weighted by Gasteiger charge is 2.27. The summed E-state index contributed by atoms with van der Waals surface area (Å²) in [6.07, 6.45) is 5.14. The summed E-state index contributed by atoms with van der Waals surface area (Å²) in [6.45, 7) is 4.32. The molecule has 2 nitrogen and oxygen atoms in total. The number of hydrogen-bond acceptors (Lipinski definition) is 2. The third-order valence-corrected chi connectivity index (χ3v) is 4.45. The Balaban J connectivity index is 1.92. The zero-order valence-corrected chi connectivity index (χ0v) is 12.6. The Morgan fingerprint density at radius 2 is 1.75 bits per heavy atom. The normalized spacial score (nSPS) is 18.2. The maximum absolute atomic E-state index is 12.2. The van der Waals surface area contributed by atoms with Crippen molar-refractivity contribution in [2.24, 2.45) is 5.92 Å². The molecule has 0 heterocycles. The van der Waals surface area contributed by atoms with Gasteiger partial charge in [0.15, 0.2) is 5.78 Å². The van der Waals surface area contributed by atoms with Crippen LogP contribution >= 0.6 is 0 Å². The largest absolute Gasteiger partial charge is 0.385 e.